The van der Waals surface area contributed by atoms with Crippen molar-refractivity contribution in [2.45, 2.75) is 37.4 Å². The average Bonchev–Trinajstić information content (AvgIpc) is 3.37. The van der Waals surface area contributed by atoms with Gasteiger partial charge in [-0.1, -0.05) is 18.2 Å². The molecule has 35 heavy (non-hydrogen) atoms. The lowest BCUT2D eigenvalue weighted by Crippen LogP contribution is -2.38. The maximum atomic E-state index is 13.2. The van der Waals surface area contributed by atoms with E-state index in [-0.39, 0.29) is 18.5 Å². The Morgan fingerprint density at radius 1 is 1.00 bits per heavy atom. The summed E-state index contributed by atoms with van der Waals surface area (Å²) < 4.78 is 23.6. The fraction of sp³-hybridized carbons (Fsp3) is 0.423. The summed E-state index contributed by atoms with van der Waals surface area (Å²) in [5, 5.41) is 11.3. The van der Waals surface area contributed by atoms with E-state index in [9.17, 15) is 18.0 Å². The van der Waals surface area contributed by atoms with Gasteiger partial charge in [-0.15, -0.1) is 0 Å². The molecule has 8 nitrogen and oxygen atoms in total. The van der Waals surface area contributed by atoms with Crippen molar-refractivity contribution in [3.8, 4) is 6.07 Å². The van der Waals surface area contributed by atoms with Crippen LogP contribution in [0.3, 0.4) is 0 Å². The van der Waals surface area contributed by atoms with Crippen molar-refractivity contribution in [2.75, 3.05) is 37.8 Å². The second-order valence-corrected chi connectivity index (χ2v) is 11.8. The van der Waals surface area contributed by atoms with Gasteiger partial charge in [-0.2, -0.15) is 5.26 Å². The van der Waals surface area contributed by atoms with Gasteiger partial charge in [0.2, 0.25) is 0 Å². The first-order valence-corrected chi connectivity index (χ1v) is 13.8. The second kappa shape index (κ2) is 10.1. The van der Waals surface area contributed by atoms with Crippen LogP contribution in [-0.4, -0.2) is 67.8 Å². The predicted octanol–water partition coefficient (Wildman–Crippen LogP) is 3.54. The van der Waals surface area contributed by atoms with E-state index in [4.69, 9.17) is 5.26 Å². The third kappa shape index (κ3) is 5.65. The molecule has 1 N–H and O–H groups in total. The molecule has 0 aromatic heterocycles. The second-order valence-electron chi connectivity index (χ2n) is 9.45. The van der Waals surface area contributed by atoms with Gasteiger partial charge in [0.25, 0.3) is 5.91 Å². The van der Waals surface area contributed by atoms with Crippen molar-refractivity contribution in [3.63, 3.8) is 0 Å². The molecule has 2 heterocycles. The zero-order chi connectivity index (χ0) is 25.2. The van der Waals surface area contributed by atoms with Crippen LogP contribution >= 0.6 is 0 Å². The predicted molar refractivity (Wildman–Crippen MR) is 134 cm³/mol. The number of hydrogen-bond donors (Lipinski definition) is 1. The van der Waals surface area contributed by atoms with E-state index in [0.29, 0.717) is 48.8 Å². The molecule has 9 heteroatoms. The molecular weight excluding hydrogens is 464 g/mol. The van der Waals surface area contributed by atoms with E-state index in [0.717, 1.165) is 18.4 Å². The lowest BCUT2D eigenvalue weighted by Gasteiger charge is -2.32. The number of urea groups is 1. The average molecular weight is 495 g/mol. The number of likely N-dealkylation sites (tertiary alicyclic amines) is 2. The van der Waals surface area contributed by atoms with Crippen LogP contribution in [0.1, 0.15) is 52.2 Å². The first-order valence-electron chi connectivity index (χ1n) is 11.8. The third-order valence-corrected chi connectivity index (χ3v) is 8.65. The van der Waals surface area contributed by atoms with Gasteiger partial charge in [-0.25, -0.2) is 13.2 Å². The molecule has 2 aromatic rings. The van der Waals surface area contributed by atoms with Crippen molar-refractivity contribution < 1.29 is 18.0 Å². The zero-order valence-electron chi connectivity index (χ0n) is 20.0. The zero-order valence-corrected chi connectivity index (χ0v) is 20.8. The van der Waals surface area contributed by atoms with Crippen molar-refractivity contribution in [1.29, 1.82) is 5.26 Å². The van der Waals surface area contributed by atoms with E-state index in [1.54, 1.807) is 12.1 Å². The van der Waals surface area contributed by atoms with Crippen LogP contribution in [-0.2, 0) is 9.84 Å². The summed E-state index contributed by atoms with van der Waals surface area (Å²) >= 11 is 0. The van der Waals surface area contributed by atoms with E-state index < -0.39 is 15.1 Å². The Bertz CT molecular complexity index is 1260. The summed E-state index contributed by atoms with van der Waals surface area (Å²) in [5.41, 5.74) is 3.72. The Morgan fingerprint density at radius 2 is 1.66 bits per heavy atom. The van der Waals surface area contributed by atoms with Crippen molar-refractivity contribution in [3.05, 3.63) is 64.7 Å². The Balaban J connectivity index is 1.38. The molecule has 0 aliphatic carbocycles. The molecule has 0 saturated carbocycles. The molecule has 2 saturated heterocycles. The highest BCUT2D eigenvalue weighted by Crippen LogP contribution is 2.29. The number of aryl methyl sites for hydroxylation is 1. The van der Waals surface area contributed by atoms with Crippen molar-refractivity contribution >= 4 is 27.5 Å². The molecule has 0 bridgehead atoms. The number of carbonyl (C=O) groups is 2. The lowest BCUT2D eigenvalue weighted by molar-refractivity contribution is 0.0713. The number of nitrogens with one attached hydrogen (secondary N) is 1. The number of rotatable bonds is 4. The molecule has 4 rings (SSSR count). The molecule has 1 unspecified atom stereocenters. The molecule has 0 spiro atoms. The SMILES string of the molecule is Cc1ccc(C(=O)N2CCC(c3ccc(C#N)cc3)CC2)cc1NC(=O)N1CCC(S(C)(=O)=O)C1. The highest BCUT2D eigenvalue weighted by molar-refractivity contribution is 7.91. The van der Waals surface area contributed by atoms with Gasteiger partial charge in [-0.05, 0) is 67.5 Å². The van der Waals surface area contributed by atoms with E-state index in [1.807, 2.05) is 42.2 Å². The molecule has 2 aliphatic rings. The molecule has 184 valence electrons. The molecular formula is C26H30N4O4S. The maximum absolute atomic E-state index is 13.2. The minimum absolute atomic E-state index is 0.0721. The molecule has 2 aliphatic heterocycles. The Labute approximate surface area is 206 Å². The first kappa shape index (κ1) is 24.7. The lowest BCUT2D eigenvalue weighted by atomic mass is 9.89. The van der Waals surface area contributed by atoms with E-state index in [1.165, 1.54) is 16.7 Å². The maximum Gasteiger partial charge on any atom is 0.321 e. The molecule has 3 amide bonds. The Morgan fingerprint density at radius 3 is 2.26 bits per heavy atom. The highest BCUT2D eigenvalue weighted by Gasteiger charge is 2.33. The number of sulfone groups is 1. The van der Waals surface area contributed by atoms with Gasteiger partial charge in [0.1, 0.15) is 0 Å². The van der Waals surface area contributed by atoms with Crippen LogP contribution < -0.4 is 5.32 Å². The number of amides is 3. The van der Waals surface area contributed by atoms with Crippen LogP contribution in [0.15, 0.2) is 42.5 Å². The van der Waals surface area contributed by atoms with Crippen LogP contribution in [0.4, 0.5) is 10.5 Å². The van der Waals surface area contributed by atoms with Crippen molar-refractivity contribution in [2.24, 2.45) is 0 Å². The van der Waals surface area contributed by atoms with Gasteiger partial charge in [-0.3, -0.25) is 4.79 Å². The van der Waals surface area contributed by atoms with E-state index >= 15 is 0 Å². The topological polar surface area (TPSA) is 111 Å². The molecule has 2 fully saturated rings. The van der Waals surface area contributed by atoms with Crippen LogP contribution in [0.5, 0.6) is 0 Å². The summed E-state index contributed by atoms with van der Waals surface area (Å²) in [6, 6.07) is 14.7. The van der Waals surface area contributed by atoms with Crippen molar-refractivity contribution in [1.82, 2.24) is 9.80 Å². The third-order valence-electron chi connectivity index (χ3n) is 7.06. The summed E-state index contributed by atoms with van der Waals surface area (Å²) in [4.78, 5) is 29.3. The number of anilines is 1. The number of hydrogen-bond acceptors (Lipinski definition) is 5. The monoisotopic (exact) mass is 494 g/mol. The standard InChI is InChI=1S/C26H30N4O4S/c1-18-3-6-22(15-24(18)28-26(32)30-14-11-23(17-30)35(2,33)34)25(31)29-12-9-21(10-13-29)20-7-4-19(16-27)5-8-20/h3-8,15,21,23H,9-14,17H2,1-2H3,(H,28,32). The number of piperidine rings is 1. The number of nitrogens with zero attached hydrogens (tertiary/aromatic N) is 3. The number of nitriles is 1. The molecule has 2 aromatic carbocycles. The minimum Gasteiger partial charge on any atom is -0.339 e. The smallest absolute Gasteiger partial charge is 0.321 e. The molecule has 1 atom stereocenters. The summed E-state index contributed by atoms with van der Waals surface area (Å²) in [5.74, 6) is 0.285. The van der Waals surface area contributed by atoms with E-state index in [2.05, 4.69) is 11.4 Å². The van der Waals surface area contributed by atoms with Crippen LogP contribution in [0, 0.1) is 18.3 Å². The van der Waals surface area contributed by atoms with Crippen LogP contribution in [0.25, 0.3) is 0 Å². The summed E-state index contributed by atoms with van der Waals surface area (Å²) in [6.45, 7) is 3.70. The highest BCUT2D eigenvalue weighted by atomic mass is 32.2. The van der Waals surface area contributed by atoms with Crippen LogP contribution in [0.2, 0.25) is 0 Å². The Hall–Kier alpha value is -3.38. The quantitative estimate of drug-likeness (QED) is 0.699. The van der Waals surface area contributed by atoms with Gasteiger partial charge in [0, 0.05) is 43.7 Å². The number of benzene rings is 2. The Kier molecular flexibility index (Phi) is 7.13. The molecule has 0 radical (unpaired) electrons. The van der Waals surface area contributed by atoms with Gasteiger partial charge in [0.15, 0.2) is 9.84 Å². The summed E-state index contributed by atoms with van der Waals surface area (Å²) in [7, 11) is -3.19. The fourth-order valence-corrected chi connectivity index (χ4v) is 5.76. The normalized spacial score (nSPS) is 18.8. The minimum atomic E-state index is -3.19. The summed E-state index contributed by atoms with van der Waals surface area (Å²) in [6.07, 6.45) is 3.33. The van der Waals surface area contributed by atoms with Gasteiger partial charge < -0.3 is 15.1 Å². The van der Waals surface area contributed by atoms with Gasteiger partial charge in [0.05, 0.1) is 16.9 Å². The largest absolute Gasteiger partial charge is 0.339 e. The van der Waals surface area contributed by atoms with Gasteiger partial charge >= 0.3 is 6.03 Å². The number of carbonyl (C=O) groups excluding carboxylic acids is 2. The first-order chi connectivity index (χ1) is 16.7. The fourth-order valence-electron chi connectivity index (χ4n) is 4.77.